The van der Waals surface area contributed by atoms with Crippen molar-refractivity contribution in [3.63, 3.8) is 0 Å². The molecule has 29 heavy (non-hydrogen) atoms. The highest BCUT2D eigenvalue weighted by Gasteiger charge is 2.16. The van der Waals surface area contributed by atoms with E-state index >= 15 is 0 Å². The second-order valence-electron chi connectivity index (χ2n) is 6.81. The Hall–Kier alpha value is -3.32. The fourth-order valence-electron chi connectivity index (χ4n) is 2.98. The van der Waals surface area contributed by atoms with E-state index in [9.17, 15) is 4.79 Å². The predicted molar refractivity (Wildman–Crippen MR) is 110 cm³/mol. The van der Waals surface area contributed by atoms with E-state index in [-0.39, 0.29) is 12.6 Å². The number of amides is 1. The molecule has 3 aromatic heterocycles. The van der Waals surface area contributed by atoms with Gasteiger partial charge in [-0.15, -0.1) is 0 Å². The van der Waals surface area contributed by atoms with Crippen LogP contribution in [0.4, 0.5) is 0 Å². The molecule has 0 aliphatic rings. The maximum atomic E-state index is 12.7. The summed E-state index contributed by atoms with van der Waals surface area (Å²) in [5.74, 6) is 0.397. The van der Waals surface area contributed by atoms with Crippen LogP contribution in [-0.4, -0.2) is 37.0 Å². The third kappa shape index (κ3) is 4.25. The highest BCUT2D eigenvalue weighted by molar-refractivity contribution is 6.32. The fourth-order valence-corrected chi connectivity index (χ4v) is 3.15. The van der Waals surface area contributed by atoms with Crippen molar-refractivity contribution in [1.29, 1.82) is 0 Å². The molecular weight excluding hydrogens is 390 g/mol. The Bertz CT molecular complexity index is 1130. The number of hydrogen-bond acceptors (Lipinski definition) is 4. The molecule has 0 spiro atoms. The molecule has 0 unspecified atom stereocenters. The first kappa shape index (κ1) is 19.0. The Balaban J connectivity index is 1.40. The Morgan fingerprint density at radius 3 is 2.90 bits per heavy atom. The summed E-state index contributed by atoms with van der Waals surface area (Å²) in [5, 5.41) is 4.85. The van der Waals surface area contributed by atoms with Gasteiger partial charge >= 0.3 is 0 Å². The van der Waals surface area contributed by atoms with Gasteiger partial charge in [0, 0.05) is 25.6 Å². The van der Waals surface area contributed by atoms with Crippen molar-refractivity contribution in [2.75, 3.05) is 7.05 Å². The van der Waals surface area contributed by atoms with Crippen LogP contribution in [0.5, 0.6) is 5.75 Å². The monoisotopic (exact) mass is 409 g/mol. The predicted octanol–water partition coefficient (Wildman–Crippen LogP) is 3.80. The molecule has 7 nitrogen and oxygen atoms in total. The molecule has 0 bridgehead atoms. The van der Waals surface area contributed by atoms with Crippen molar-refractivity contribution < 1.29 is 9.53 Å². The van der Waals surface area contributed by atoms with Crippen molar-refractivity contribution in [2.45, 2.75) is 20.2 Å². The summed E-state index contributed by atoms with van der Waals surface area (Å²) in [4.78, 5) is 18.8. The average Bonchev–Trinajstić information content (AvgIpc) is 3.34. The fraction of sp³-hybridized carbons (Fsp3) is 0.190. The van der Waals surface area contributed by atoms with Crippen molar-refractivity contribution in [3.05, 3.63) is 83.0 Å². The number of ether oxygens (including phenoxy) is 1. The number of halogens is 1. The molecule has 1 amide bonds. The van der Waals surface area contributed by atoms with Crippen molar-refractivity contribution >= 4 is 23.2 Å². The van der Waals surface area contributed by atoms with Gasteiger partial charge in [-0.05, 0) is 42.8 Å². The quantitative estimate of drug-likeness (QED) is 0.486. The minimum absolute atomic E-state index is 0.159. The van der Waals surface area contributed by atoms with Crippen LogP contribution >= 0.6 is 11.6 Å². The van der Waals surface area contributed by atoms with E-state index in [2.05, 4.69) is 10.1 Å². The number of aromatic nitrogens is 4. The first-order valence-corrected chi connectivity index (χ1v) is 9.48. The number of carbonyl (C=O) groups excluding carboxylic acids is 1. The molecule has 148 valence electrons. The molecule has 0 aliphatic carbocycles. The van der Waals surface area contributed by atoms with Gasteiger partial charge in [0.05, 0.1) is 17.3 Å². The number of imidazole rings is 1. The van der Waals surface area contributed by atoms with E-state index in [0.717, 1.165) is 16.9 Å². The van der Waals surface area contributed by atoms with E-state index in [4.69, 9.17) is 16.3 Å². The van der Waals surface area contributed by atoms with Crippen LogP contribution in [0.2, 0.25) is 5.02 Å². The van der Waals surface area contributed by atoms with Crippen LogP contribution in [0.1, 0.15) is 21.7 Å². The number of nitrogens with zero attached hydrogens (tertiary/aromatic N) is 5. The molecule has 4 rings (SSSR count). The summed E-state index contributed by atoms with van der Waals surface area (Å²) in [7, 11) is 1.73. The van der Waals surface area contributed by atoms with Gasteiger partial charge in [-0.25, -0.2) is 9.67 Å². The summed E-state index contributed by atoms with van der Waals surface area (Å²) in [6, 6.07) is 13.0. The number of benzene rings is 1. The Labute approximate surface area is 173 Å². The van der Waals surface area contributed by atoms with Crippen molar-refractivity contribution in [2.24, 2.45) is 0 Å². The number of rotatable bonds is 6. The number of hydrogen-bond donors (Lipinski definition) is 0. The van der Waals surface area contributed by atoms with Crippen LogP contribution in [0.25, 0.3) is 5.65 Å². The van der Waals surface area contributed by atoms with Crippen LogP contribution in [0.15, 0.2) is 61.1 Å². The summed E-state index contributed by atoms with van der Waals surface area (Å²) in [6.45, 7) is 2.52. The molecule has 3 heterocycles. The second kappa shape index (κ2) is 7.97. The molecule has 0 saturated carbocycles. The van der Waals surface area contributed by atoms with Crippen LogP contribution in [0.3, 0.4) is 0 Å². The van der Waals surface area contributed by atoms with Gasteiger partial charge in [0.25, 0.3) is 5.91 Å². The van der Waals surface area contributed by atoms with Gasteiger partial charge in [0.1, 0.15) is 11.4 Å². The van der Waals surface area contributed by atoms with Gasteiger partial charge in [0.15, 0.2) is 12.4 Å². The number of aryl methyl sites for hydroxylation is 1. The van der Waals surface area contributed by atoms with E-state index in [0.29, 0.717) is 23.0 Å². The van der Waals surface area contributed by atoms with Gasteiger partial charge in [-0.3, -0.25) is 4.79 Å². The van der Waals surface area contributed by atoms with Crippen LogP contribution in [-0.2, 0) is 13.3 Å². The van der Waals surface area contributed by atoms with E-state index in [1.807, 2.05) is 54.0 Å². The van der Waals surface area contributed by atoms with Gasteiger partial charge in [0.2, 0.25) is 0 Å². The average molecular weight is 410 g/mol. The summed E-state index contributed by atoms with van der Waals surface area (Å²) in [6.07, 6.45) is 5.54. The Morgan fingerprint density at radius 1 is 1.21 bits per heavy atom. The minimum Gasteiger partial charge on any atom is -0.470 e. The summed E-state index contributed by atoms with van der Waals surface area (Å²) >= 11 is 6.14. The van der Waals surface area contributed by atoms with E-state index < -0.39 is 0 Å². The Kier molecular flexibility index (Phi) is 5.22. The maximum Gasteiger partial charge on any atom is 0.274 e. The SMILES string of the molecule is Cc1ccc(Cl)c(OCn2ccc(C(=O)N(C)Cc3cn4ccccc4n3)n2)c1. The highest BCUT2D eigenvalue weighted by atomic mass is 35.5. The highest BCUT2D eigenvalue weighted by Crippen LogP contribution is 2.25. The Morgan fingerprint density at radius 2 is 2.07 bits per heavy atom. The van der Waals surface area contributed by atoms with E-state index in [1.165, 1.54) is 0 Å². The second-order valence-corrected chi connectivity index (χ2v) is 7.21. The zero-order chi connectivity index (χ0) is 20.4. The molecule has 0 atom stereocenters. The van der Waals surface area contributed by atoms with Gasteiger partial charge in [-0.2, -0.15) is 5.10 Å². The first-order valence-electron chi connectivity index (χ1n) is 9.10. The standard InChI is InChI=1S/C21H20ClN5O2/c1-15-6-7-17(22)19(11-15)29-14-27-10-8-18(24-27)21(28)25(2)12-16-13-26-9-4-3-5-20(26)23-16/h3-11,13H,12,14H2,1-2H3. The van der Waals surface area contributed by atoms with Crippen molar-refractivity contribution in [3.8, 4) is 5.75 Å². The maximum absolute atomic E-state index is 12.7. The number of pyridine rings is 1. The molecular formula is C21H20ClN5O2. The molecule has 0 aliphatic heterocycles. The van der Waals surface area contributed by atoms with Gasteiger partial charge in [-0.1, -0.05) is 23.7 Å². The lowest BCUT2D eigenvalue weighted by molar-refractivity contribution is 0.0775. The smallest absolute Gasteiger partial charge is 0.274 e. The zero-order valence-corrected chi connectivity index (χ0v) is 16.9. The molecule has 0 fully saturated rings. The van der Waals surface area contributed by atoms with Crippen molar-refractivity contribution in [1.82, 2.24) is 24.1 Å². The third-order valence-electron chi connectivity index (χ3n) is 4.46. The molecule has 0 N–H and O–H groups in total. The lowest BCUT2D eigenvalue weighted by atomic mass is 10.2. The van der Waals surface area contributed by atoms with Gasteiger partial charge < -0.3 is 14.0 Å². The number of fused-ring (bicyclic) bond motifs is 1. The first-order chi connectivity index (χ1) is 14.0. The largest absolute Gasteiger partial charge is 0.470 e. The van der Waals surface area contributed by atoms with Crippen LogP contribution < -0.4 is 4.74 Å². The number of carbonyl (C=O) groups is 1. The van der Waals surface area contributed by atoms with E-state index in [1.54, 1.807) is 35.0 Å². The minimum atomic E-state index is -0.186. The summed E-state index contributed by atoms with van der Waals surface area (Å²) < 4.78 is 9.20. The topological polar surface area (TPSA) is 64.7 Å². The molecule has 4 aromatic rings. The third-order valence-corrected chi connectivity index (χ3v) is 4.77. The summed E-state index contributed by atoms with van der Waals surface area (Å²) in [5.41, 5.74) is 3.05. The zero-order valence-electron chi connectivity index (χ0n) is 16.1. The van der Waals surface area contributed by atoms with Crippen LogP contribution in [0, 0.1) is 6.92 Å². The molecule has 0 saturated heterocycles. The lowest BCUT2D eigenvalue weighted by Gasteiger charge is -2.14. The molecule has 0 radical (unpaired) electrons. The normalized spacial score (nSPS) is 11.0. The lowest BCUT2D eigenvalue weighted by Crippen LogP contribution is -2.27. The molecule has 1 aromatic carbocycles. The molecule has 8 heteroatoms.